The number of para-hydroxylation sites is 1. The van der Waals surface area contributed by atoms with Gasteiger partial charge in [0.05, 0.1) is 24.3 Å². The van der Waals surface area contributed by atoms with Crippen molar-refractivity contribution in [1.29, 1.82) is 5.26 Å². The van der Waals surface area contributed by atoms with Crippen molar-refractivity contribution in [3.8, 4) is 11.8 Å². The molecule has 1 aliphatic heterocycles. The van der Waals surface area contributed by atoms with E-state index in [-0.39, 0.29) is 12.3 Å². The van der Waals surface area contributed by atoms with Crippen LogP contribution < -0.4 is 10.1 Å². The molecule has 104 valence electrons. The maximum absolute atomic E-state index is 12.1. The first-order valence-corrected chi connectivity index (χ1v) is 6.80. The molecule has 1 amide bonds. The first kappa shape index (κ1) is 13.2. The maximum Gasteiger partial charge on any atom is 0.228 e. The second-order valence-corrected chi connectivity index (χ2v) is 4.92. The number of nitrogens with zero attached hydrogens (tertiary/aromatic N) is 1. The Morgan fingerprint density at radius 1 is 1.29 bits per heavy atom. The molecule has 1 heterocycles. The van der Waals surface area contributed by atoms with Gasteiger partial charge < -0.3 is 10.1 Å². The molecule has 4 nitrogen and oxygen atoms in total. The minimum Gasteiger partial charge on any atom is -0.493 e. The summed E-state index contributed by atoms with van der Waals surface area (Å²) >= 11 is 0. The standard InChI is InChI=1S/C17H14N2O2/c18-11-14-3-1-2-4-15(14)19-17(20)10-12-5-6-16-13(9-12)7-8-21-16/h1-6,9H,7-8,10H2,(H,19,20). The second-order valence-electron chi connectivity index (χ2n) is 4.92. The van der Waals surface area contributed by atoms with Crippen molar-refractivity contribution in [2.24, 2.45) is 0 Å². The van der Waals surface area contributed by atoms with Crippen molar-refractivity contribution >= 4 is 11.6 Å². The maximum atomic E-state index is 12.1. The molecule has 0 spiro atoms. The van der Waals surface area contributed by atoms with Crippen molar-refractivity contribution in [2.75, 3.05) is 11.9 Å². The van der Waals surface area contributed by atoms with Crippen molar-refractivity contribution in [1.82, 2.24) is 0 Å². The molecular formula is C17H14N2O2. The summed E-state index contributed by atoms with van der Waals surface area (Å²) in [5.41, 5.74) is 3.12. The Kier molecular flexibility index (Phi) is 3.57. The third-order valence-electron chi connectivity index (χ3n) is 3.44. The summed E-state index contributed by atoms with van der Waals surface area (Å²) in [5.74, 6) is 0.783. The van der Waals surface area contributed by atoms with E-state index in [0.29, 0.717) is 17.9 Å². The lowest BCUT2D eigenvalue weighted by Gasteiger charge is -2.07. The van der Waals surface area contributed by atoms with Gasteiger partial charge in [-0.25, -0.2) is 0 Å². The Labute approximate surface area is 123 Å². The first-order chi connectivity index (χ1) is 10.3. The lowest BCUT2D eigenvalue weighted by molar-refractivity contribution is -0.115. The van der Waals surface area contributed by atoms with Crippen molar-refractivity contribution in [3.05, 3.63) is 59.2 Å². The highest BCUT2D eigenvalue weighted by Gasteiger charge is 2.13. The number of hydrogen-bond acceptors (Lipinski definition) is 3. The van der Waals surface area contributed by atoms with Gasteiger partial charge in [-0.2, -0.15) is 5.26 Å². The van der Waals surface area contributed by atoms with Gasteiger partial charge in [0.2, 0.25) is 5.91 Å². The summed E-state index contributed by atoms with van der Waals surface area (Å²) in [4.78, 5) is 12.1. The van der Waals surface area contributed by atoms with E-state index in [1.807, 2.05) is 18.2 Å². The fourth-order valence-electron chi connectivity index (χ4n) is 2.42. The number of fused-ring (bicyclic) bond motifs is 1. The zero-order valence-electron chi connectivity index (χ0n) is 11.4. The van der Waals surface area contributed by atoms with Gasteiger partial charge in [-0.05, 0) is 29.3 Å². The van der Waals surface area contributed by atoms with Crippen LogP contribution in [0.4, 0.5) is 5.69 Å². The average molecular weight is 278 g/mol. The number of rotatable bonds is 3. The van der Waals surface area contributed by atoms with Gasteiger partial charge in [-0.3, -0.25) is 4.79 Å². The molecule has 0 unspecified atom stereocenters. The van der Waals surface area contributed by atoms with E-state index in [2.05, 4.69) is 11.4 Å². The second kappa shape index (κ2) is 5.68. The number of carbonyl (C=O) groups is 1. The number of benzene rings is 2. The van der Waals surface area contributed by atoms with Crippen LogP contribution in [0, 0.1) is 11.3 Å². The number of carbonyl (C=O) groups excluding carboxylic acids is 1. The molecule has 4 heteroatoms. The predicted molar refractivity (Wildman–Crippen MR) is 79.1 cm³/mol. The van der Waals surface area contributed by atoms with E-state index >= 15 is 0 Å². The fraction of sp³-hybridized carbons (Fsp3) is 0.176. The van der Waals surface area contributed by atoms with Crippen LogP contribution in [0.25, 0.3) is 0 Å². The molecule has 0 bridgehead atoms. The smallest absolute Gasteiger partial charge is 0.228 e. The minimum absolute atomic E-state index is 0.128. The zero-order valence-corrected chi connectivity index (χ0v) is 11.4. The SMILES string of the molecule is N#Cc1ccccc1NC(=O)Cc1ccc2c(c1)CCO2. The molecule has 0 aliphatic carbocycles. The average Bonchev–Trinajstić information content (AvgIpc) is 2.95. The van der Waals surface area contributed by atoms with Gasteiger partial charge in [-0.15, -0.1) is 0 Å². The van der Waals surface area contributed by atoms with Gasteiger partial charge in [0.1, 0.15) is 11.8 Å². The van der Waals surface area contributed by atoms with Gasteiger partial charge in [0.25, 0.3) is 0 Å². The van der Waals surface area contributed by atoms with Crippen LogP contribution in [0.5, 0.6) is 5.75 Å². The molecule has 1 N–H and O–H groups in total. The number of anilines is 1. The molecule has 0 saturated carbocycles. The van der Waals surface area contributed by atoms with Crippen LogP contribution in [0.3, 0.4) is 0 Å². The zero-order chi connectivity index (χ0) is 14.7. The number of nitrogens with one attached hydrogen (secondary N) is 1. The quantitative estimate of drug-likeness (QED) is 0.939. The number of hydrogen-bond donors (Lipinski definition) is 1. The molecule has 2 aromatic rings. The largest absolute Gasteiger partial charge is 0.493 e. The highest BCUT2D eigenvalue weighted by Crippen LogP contribution is 2.26. The molecule has 2 aromatic carbocycles. The normalized spacial score (nSPS) is 12.1. The van der Waals surface area contributed by atoms with Crippen molar-refractivity contribution in [3.63, 3.8) is 0 Å². The van der Waals surface area contributed by atoms with Crippen LogP contribution in [0.1, 0.15) is 16.7 Å². The number of ether oxygens (including phenoxy) is 1. The molecule has 0 atom stereocenters. The Morgan fingerprint density at radius 3 is 3.00 bits per heavy atom. The van der Waals surface area contributed by atoms with Gasteiger partial charge in [0, 0.05) is 6.42 Å². The molecule has 3 rings (SSSR count). The Bertz CT molecular complexity index is 732. The molecule has 0 aromatic heterocycles. The molecule has 21 heavy (non-hydrogen) atoms. The monoisotopic (exact) mass is 278 g/mol. The van der Waals surface area contributed by atoms with Gasteiger partial charge >= 0.3 is 0 Å². The highest BCUT2D eigenvalue weighted by molar-refractivity contribution is 5.93. The summed E-state index contributed by atoms with van der Waals surface area (Å²) in [6.07, 6.45) is 1.18. The summed E-state index contributed by atoms with van der Waals surface area (Å²) in [5, 5.41) is 11.8. The number of amides is 1. The molecular weight excluding hydrogens is 264 g/mol. The van der Waals surface area contributed by atoms with Crippen LogP contribution in [-0.4, -0.2) is 12.5 Å². The summed E-state index contributed by atoms with van der Waals surface area (Å²) in [7, 11) is 0. The van der Waals surface area contributed by atoms with E-state index in [1.165, 1.54) is 0 Å². The van der Waals surface area contributed by atoms with Crippen molar-refractivity contribution < 1.29 is 9.53 Å². The van der Waals surface area contributed by atoms with E-state index in [4.69, 9.17) is 10.00 Å². The van der Waals surface area contributed by atoms with Crippen LogP contribution in [0.2, 0.25) is 0 Å². The van der Waals surface area contributed by atoms with E-state index in [0.717, 1.165) is 23.3 Å². The van der Waals surface area contributed by atoms with E-state index < -0.39 is 0 Å². The van der Waals surface area contributed by atoms with E-state index in [9.17, 15) is 4.79 Å². The highest BCUT2D eigenvalue weighted by atomic mass is 16.5. The summed E-state index contributed by atoms with van der Waals surface area (Å²) in [6.45, 7) is 0.709. The lowest BCUT2D eigenvalue weighted by Crippen LogP contribution is -2.15. The Hall–Kier alpha value is -2.80. The molecule has 1 aliphatic rings. The Balaban J connectivity index is 1.71. The topological polar surface area (TPSA) is 62.1 Å². The van der Waals surface area contributed by atoms with Crippen LogP contribution >= 0.6 is 0 Å². The molecule has 0 fully saturated rings. The van der Waals surface area contributed by atoms with Gasteiger partial charge in [0.15, 0.2) is 0 Å². The van der Waals surface area contributed by atoms with Crippen LogP contribution in [0.15, 0.2) is 42.5 Å². The summed E-state index contributed by atoms with van der Waals surface area (Å²) < 4.78 is 5.45. The first-order valence-electron chi connectivity index (χ1n) is 6.80. The van der Waals surface area contributed by atoms with Gasteiger partial charge in [-0.1, -0.05) is 24.3 Å². The lowest BCUT2D eigenvalue weighted by atomic mass is 10.1. The van der Waals surface area contributed by atoms with E-state index in [1.54, 1.807) is 24.3 Å². The predicted octanol–water partition coefficient (Wildman–Crippen LogP) is 2.67. The van der Waals surface area contributed by atoms with Crippen LogP contribution in [-0.2, 0) is 17.6 Å². The fourth-order valence-corrected chi connectivity index (χ4v) is 2.42. The summed E-state index contributed by atoms with van der Waals surface area (Å²) in [6, 6.07) is 14.9. The minimum atomic E-state index is -0.128. The Morgan fingerprint density at radius 2 is 2.14 bits per heavy atom. The van der Waals surface area contributed by atoms with Crippen molar-refractivity contribution in [2.45, 2.75) is 12.8 Å². The third-order valence-corrected chi connectivity index (χ3v) is 3.44. The molecule has 0 radical (unpaired) electrons. The molecule has 0 saturated heterocycles. The third kappa shape index (κ3) is 2.87. The number of nitriles is 1.